The van der Waals surface area contributed by atoms with Gasteiger partial charge in [-0.2, -0.15) is 5.10 Å². The van der Waals surface area contributed by atoms with E-state index in [0.717, 1.165) is 17.8 Å². The minimum Gasteiger partial charge on any atom is -0.330 e. The van der Waals surface area contributed by atoms with Crippen LogP contribution in [0.5, 0.6) is 0 Å². The maximum absolute atomic E-state index is 5.59. The standard InChI is InChI=1S/C15H21N3/c1-15(2,3)14-8-10-18(17-14)13-6-4-5-12(11-13)7-9-16/h4-6,8,10-11H,7,9,16H2,1-3H3. The van der Waals surface area contributed by atoms with Gasteiger partial charge >= 0.3 is 0 Å². The van der Waals surface area contributed by atoms with Crippen LogP contribution in [-0.4, -0.2) is 16.3 Å². The molecule has 0 unspecified atom stereocenters. The normalized spacial score (nSPS) is 11.8. The van der Waals surface area contributed by atoms with Gasteiger partial charge in [-0.05, 0) is 36.7 Å². The van der Waals surface area contributed by atoms with E-state index in [2.05, 4.69) is 56.2 Å². The van der Waals surface area contributed by atoms with Crippen molar-refractivity contribution in [2.45, 2.75) is 32.6 Å². The van der Waals surface area contributed by atoms with Crippen LogP contribution in [0.25, 0.3) is 5.69 Å². The molecule has 0 saturated heterocycles. The highest BCUT2D eigenvalue weighted by Crippen LogP contribution is 2.21. The molecule has 1 heterocycles. The number of nitrogens with zero attached hydrogens (tertiary/aromatic N) is 2. The molecule has 18 heavy (non-hydrogen) atoms. The van der Waals surface area contributed by atoms with Crippen LogP contribution in [0, 0.1) is 0 Å². The van der Waals surface area contributed by atoms with Crippen molar-refractivity contribution in [3.05, 3.63) is 47.8 Å². The second-order valence-electron chi connectivity index (χ2n) is 5.60. The Morgan fingerprint density at radius 3 is 2.61 bits per heavy atom. The Morgan fingerprint density at radius 2 is 2.00 bits per heavy atom. The monoisotopic (exact) mass is 243 g/mol. The summed E-state index contributed by atoms with van der Waals surface area (Å²) in [6.07, 6.45) is 2.92. The van der Waals surface area contributed by atoms with Crippen LogP contribution in [0.1, 0.15) is 32.0 Å². The van der Waals surface area contributed by atoms with Crippen molar-refractivity contribution >= 4 is 0 Å². The number of benzene rings is 1. The van der Waals surface area contributed by atoms with Gasteiger partial charge in [0.1, 0.15) is 0 Å². The van der Waals surface area contributed by atoms with Crippen molar-refractivity contribution in [2.75, 3.05) is 6.54 Å². The third-order valence-electron chi connectivity index (χ3n) is 2.97. The molecule has 0 amide bonds. The van der Waals surface area contributed by atoms with Gasteiger partial charge in [-0.25, -0.2) is 4.68 Å². The molecule has 0 spiro atoms. The Kier molecular flexibility index (Phi) is 3.53. The number of hydrogen-bond donors (Lipinski definition) is 1. The number of hydrogen-bond acceptors (Lipinski definition) is 2. The van der Waals surface area contributed by atoms with Crippen molar-refractivity contribution in [2.24, 2.45) is 5.73 Å². The van der Waals surface area contributed by atoms with Gasteiger partial charge in [0.2, 0.25) is 0 Å². The van der Waals surface area contributed by atoms with E-state index in [0.29, 0.717) is 6.54 Å². The highest BCUT2D eigenvalue weighted by molar-refractivity contribution is 5.35. The third kappa shape index (κ3) is 2.79. The number of rotatable bonds is 3. The Balaban J connectivity index is 2.31. The van der Waals surface area contributed by atoms with E-state index in [-0.39, 0.29) is 5.41 Å². The lowest BCUT2D eigenvalue weighted by atomic mass is 9.93. The molecular formula is C15H21N3. The first-order valence-electron chi connectivity index (χ1n) is 6.36. The summed E-state index contributed by atoms with van der Waals surface area (Å²) in [4.78, 5) is 0. The Hall–Kier alpha value is -1.61. The minimum absolute atomic E-state index is 0.0835. The van der Waals surface area contributed by atoms with E-state index in [1.165, 1.54) is 5.56 Å². The average Bonchev–Trinajstić information content (AvgIpc) is 2.78. The Bertz CT molecular complexity index is 521. The molecule has 0 saturated carbocycles. The van der Waals surface area contributed by atoms with E-state index in [9.17, 15) is 0 Å². The predicted molar refractivity (Wildman–Crippen MR) is 75.0 cm³/mol. The first kappa shape index (κ1) is 12.8. The first-order valence-corrected chi connectivity index (χ1v) is 6.36. The highest BCUT2D eigenvalue weighted by Gasteiger charge is 2.16. The fraction of sp³-hybridized carbons (Fsp3) is 0.400. The summed E-state index contributed by atoms with van der Waals surface area (Å²) >= 11 is 0. The van der Waals surface area contributed by atoms with Crippen LogP contribution in [0.4, 0.5) is 0 Å². The molecule has 3 heteroatoms. The lowest BCUT2D eigenvalue weighted by Crippen LogP contribution is -2.12. The summed E-state index contributed by atoms with van der Waals surface area (Å²) in [6, 6.07) is 10.4. The van der Waals surface area contributed by atoms with Gasteiger partial charge in [0, 0.05) is 11.6 Å². The van der Waals surface area contributed by atoms with Crippen LogP contribution < -0.4 is 5.73 Å². The number of nitrogens with two attached hydrogens (primary N) is 1. The van der Waals surface area contributed by atoms with E-state index >= 15 is 0 Å². The number of aromatic nitrogens is 2. The molecule has 2 N–H and O–H groups in total. The van der Waals surface area contributed by atoms with Crippen molar-refractivity contribution in [3.63, 3.8) is 0 Å². The van der Waals surface area contributed by atoms with Gasteiger partial charge in [0.05, 0.1) is 11.4 Å². The van der Waals surface area contributed by atoms with Crippen molar-refractivity contribution < 1.29 is 0 Å². The highest BCUT2D eigenvalue weighted by atomic mass is 15.3. The summed E-state index contributed by atoms with van der Waals surface area (Å²) in [6.45, 7) is 7.19. The molecule has 2 rings (SSSR count). The van der Waals surface area contributed by atoms with Gasteiger partial charge in [-0.15, -0.1) is 0 Å². The van der Waals surface area contributed by atoms with Gasteiger partial charge in [-0.3, -0.25) is 0 Å². The Morgan fingerprint density at radius 1 is 1.22 bits per heavy atom. The van der Waals surface area contributed by atoms with Crippen molar-refractivity contribution in [1.82, 2.24) is 9.78 Å². The van der Waals surface area contributed by atoms with E-state index in [1.807, 2.05) is 10.9 Å². The third-order valence-corrected chi connectivity index (χ3v) is 2.97. The van der Waals surface area contributed by atoms with Crippen LogP contribution in [0.2, 0.25) is 0 Å². The molecular weight excluding hydrogens is 222 g/mol. The van der Waals surface area contributed by atoms with Gasteiger partial charge < -0.3 is 5.73 Å². The van der Waals surface area contributed by atoms with E-state index in [4.69, 9.17) is 5.73 Å². The summed E-state index contributed by atoms with van der Waals surface area (Å²) in [5.74, 6) is 0. The molecule has 96 valence electrons. The topological polar surface area (TPSA) is 43.8 Å². The molecule has 0 fully saturated rings. The molecule has 0 aliphatic heterocycles. The molecule has 0 radical (unpaired) electrons. The maximum atomic E-state index is 5.59. The van der Waals surface area contributed by atoms with Crippen LogP contribution in [-0.2, 0) is 11.8 Å². The Labute approximate surface area is 109 Å². The van der Waals surface area contributed by atoms with Gasteiger partial charge in [0.25, 0.3) is 0 Å². The molecule has 0 aliphatic rings. The molecule has 0 atom stereocenters. The second kappa shape index (κ2) is 4.94. The van der Waals surface area contributed by atoms with Crippen molar-refractivity contribution in [3.8, 4) is 5.69 Å². The predicted octanol–water partition coefficient (Wildman–Crippen LogP) is 2.67. The molecule has 2 aromatic rings. The SMILES string of the molecule is CC(C)(C)c1ccn(-c2cccc(CCN)c2)n1. The largest absolute Gasteiger partial charge is 0.330 e. The van der Waals surface area contributed by atoms with E-state index < -0.39 is 0 Å². The van der Waals surface area contributed by atoms with E-state index in [1.54, 1.807) is 0 Å². The molecule has 0 bridgehead atoms. The fourth-order valence-corrected chi connectivity index (χ4v) is 1.89. The van der Waals surface area contributed by atoms with Gasteiger partial charge in [-0.1, -0.05) is 32.9 Å². The molecule has 3 nitrogen and oxygen atoms in total. The first-order chi connectivity index (χ1) is 8.50. The van der Waals surface area contributed by atoms with Crippen LogP contribution in [0.3, 0.4) is 0 Å². The summed E-state index contributed by atoms with van der Waals surface area (Å²) in [5, 5.41) is 4.64. The summed E-state index contributed by atoms with van der Waals surface area (Å²) < 4.78 is 1.93. The van der Waals surface area contributed by atoms with Gasteiger partial charge in [0.15, 0.2) is 0 Å². The summed E-state index contributed by atoms with van der Waals surface area (Å²) in [5.41, 5.74) is 9.12. The summed E-state index contributed by atoms with van der Waals surface area (Å²) in [7, 11) is 0. The van der Waals surface area contributed by atoms with Crippen LogP contribution in [0.15, 0.2) is 36.5 Å². The lowest BCUT2D eigenvalue weighted by Gasteiger charge is -2.14. The average molecular weight is 243 g/mol. The van der Waals surface area contributed by atoms with Crippen molar-refractivity contribution in [1.29, 1.82) is 0 Å². The zero-order chi connectivity index (χ0) is 13.2. The lowest BCUT2D eigenvalue weighted by molar-refractivity contribution is 0.560. The fourth-order valence-electron chi connectivity index (χ4n) is 1.89. The minimum atomic E-state index is 0.0835. The quantitative estimate of drug-likeness (QED) is 0.900. The molecule has 1 aromatic heterocycles. The zero-order valence-corrected chi connectivity index (χ0v) is 11.4. The van der Waals surface area contributed by atoms with Crippen LogP contribution >= 0.6 is 0 Å². The molecule has 0 aliphatic carbocycles. The molecule has 1 aromatic carbocycles. The maximum Gasteiger partial charge on any atom is 0.0682 e. The smallest absolute Gasteiger partial charge is 0.0682 e. The zero-order valence-electron chi connectivity index (χ0n) is 11.4. The second-order valence-corrected chi connectivity index (χ2v) is 5.60.